The molecule has 1 aromatic carbocycles. The molecule has 0 radical (unpaired) electrons. The van der Waals surface area contributed by atoms with E-state index in [9.17, 15) is 23.9 Å². The zero-order valence-corrected chi connectivity index (χ0v) is 21.0. The average molecular weight is 512 g/mol. The third-order valence-electron chi connectivity index (χ3n) is 6.85. The van der Waals surface area contributed by atoms with Crippen LogP contribution in [0.2, 0.25) is 0 Å². The van der Waals surface area contributed by atoms with Gasteiger partial charge >= 0.3 is 0 Å². The van der Waals surface area contributed by atoms with Gasteiger partial charge in [0.05, 0.1) is 12.1 Å². The number of carbonyl (C=O) groups excluding carboxylic acids is 2. The molecule has 188 valence electrons. The summed E-state index contributed by atoms with van der Waals surface area (Å²) < 4.78 is 14.7. The second kappa shape index (κ2) is 8.81. The molecule has 1 atom stereocenters. The average Bonchev–Trinajstić information content (AvgIpc) is 3.26. The lowest BCUT2D eigenvalue weighted by Gasteiger charge is -2.47. The van der Waals surface area contributed by atoms with E-state index in [-0.39, 0.29) is 40.6 Å². The van der Waals surface area contributed by atoms with Crippen molar-refractivity contribution in [1.82, 2.24) is 24.6 Å². The number of benzene rings is 1. The number of nitrogens with zero attached hydrogens (tertiary/aromatic N) is 5. The Kier molecular flexibility index (Phi) is 5.90. The van der Waals surface area contributed by atoms with Gasteiger partial charge in [-0.25, -0.2) is 4.39 Å². The van der Waals surface area contributed by atoms with E-state index < -0.39 is 22.6 Å². The Morgan fingerprint density at radius 3 is 2.50 bits per heavy atom. The molecule has 2 aromatic heterocycles. The van der Waals surface area contributed by atoms with E-state index in [2.05, 4.69) is 10.2 Å². The van der Waals surface area contributed by atoms with Crippen LogP contribution in [0.4, 0.5) is 4.39 Å². The lowest BCUT2D eigenvalue weighted by atomic mass is 9.91. The van der Waals surface area contributed by atoms with Gasteiger partial charge in [-0.2, -0.15) is 0 Å². The highest BCUT2D eigenvalue weighted by molar-refractivity contribution is 7.14. The van der Waals surface area contributed by atoms with Crippen molar-refractivity contribution in [3.8, 4) is 16.3 Å². The molecular formula is C25H26FN5O4S. The smallest absolute Gasteiger partial charge is 0.274 e. The third kappa shape index (κ3) is 3.87. The Morgan fingerprint density at radius 1 is 1.19 bits per heavy atom. The van der Waals surface area contributed by atoms with Crippen molar-refractivity contribution >= 4 is 23.2 Å². The molecule has 11 heteroatoms. The maximum Gasteiger partial charge on any atom is 0.274 e. The predicted molar refractivity (Wildman–Crippen MR) is 131 cm³/mol. The summed E-state index contributed by atoms with van der Waals surface area (Å²) in [6, 6.07) is 5.78. The summed E-state index contributed by atoms with van der Waals surface area (Å²) in [7, 11) is 0. The van der Waals surface area contributed by atoms with Crippen LogP contribution in [0.1, 0.15) is 48.3 Å². The van der Waals surface area contributed by atoms with Crippen molar-refractivity contribution < 1.29 is 19.1 Å². The first-order valence-corrected chi connectivity index (χ1v) is 12.6. The van der Waals surface area contributed by atoms with E-state index in [1.54, 1.807) is 24.0 Å². The van der Waals surface area contributed by atoms with E-state index in [1.165, 1.54) is 27.8 Å². The minimum Gasteiger partial charge on any atom is -0.503 e. The molecule has 0 unspecified atom stereocenters. The molecule has 0 aliphatic carbocycles. The molecule has 1 fully saturated rings. The predicted octanol–water partition coefficient (Wildman–Crippen LogP) is 2.61. The van der Waals surface area contributed by atoms with E-state index in [0.717, 1.165) is 23.3 Å². The van der Waals surface area contributed by atoms with Crippen LogP contribution in [0.3, 0.4) is 0 Å². The quantitative estimate of drug-likeness (QED) is 0.564. The maximum absolute atomic E-state index is 13.6. The van der Waals surface area contributed by atoms with Gasteiger partial charge in [0.2, 0.25) is 11.3 Å². The number of aromatic hydroxyl groups is 1. The molecule has 3 aromatic rings. The van der Waals surface area contributed by atoms with E-state index in [4.69, 9.17) is 0 Å². The van der Waals surface area contributed by atoms with E-state index >= 15 is 0 Å². The number of amides is 2. The molecule has 9 nitrogen and oxygen atoms in total. The lowest BCUT2D eigenvalue weighted by Crippen LogP contribution is -2.63. The SMILES string of the molecule is CC(C)N1C[C@](C)(C(=O)N2CCC2)n2cc(-c3nnc(Cc4ccc(F)cc4)s3)c(=O)c(O)c2C1=O. The highest BCUT2D eigenvalue weighted by atomic mass is 32.1. The molecule has 0 saturated carbocycles. The summed E-state index contributed by atoms with van der Waals surface area (Å²) >= 11 is 1.16. The number of hydrogen-bond acceptors (Lipinski definition) is 7. The number of likely N-dealkylation sites (tertiary alicyclic amines) is 1. The topological polar surface area (TPSA) is 109 Å². The number of fused-ring (bicyclic) bond motifs is 1. The molecule has 0 bridgehead atoms. The largest absolute Gasteiger partial charge is 0.503 e. The fourth-order valence-electron chi connectivity index (χ4n) is 4.62. The molecule has 1 N–H and O–H groups in total. The van der Waals surface area contributed by atoms with Gasteiger partial charge in [0.25, 0.3) is 5.91 Å². The van der Waals surface area contributed by atoms with Crippen LogP contribution in [0.25, 0.3) is 10.6 Å². The Bertz CT molecular complexity index is 1410. The Balaban J connectivity index is 1.60. The highest BCUT2D eigenvalue weighted by Crippen LogP contribution is 2.36. The van der Waals surface area contributed by atoms with Gasteiger partial charge < -0.3 is 19.5 Å². The molecule has 1 saturated heterocycles. The van der Waals surface area contributed by atoms with Crippen LogP contribution >= 0.6 is 11.3 Å². The minimum atomic E-state index is -1.21. The van der Waals surface area contributed by atoms with Gasteiger partial charge in [0.1, 0.15) is 16.4 Å². The van der Waals surface area contributed by atoms with Gasteiger partial charge in [0, 0.05) is 31.7 Å². The number of halogens is 1. The second-order valence-corrected chi connectivity index (χ2v) is 10.8. The van der Waals surface area contributed by atoms with Gasteiger partial charge in [-0.15, -0.1) is 10.2 Å². The second-order valence-electron chi connectivity index (χ2n) is 9.69. The van der Waals surface area contributed by atoms with Crippen molar-refractivity contribution in [2.75, 3.05) is 19.6 Å². The number of pyridine rings is 1. The van der Waals surface area contributed by atoms with Crippen LogP contribution in [-0.2, 0) is 16.8 Å². The minimum absolute atomic E-state index is 0.0625. The number of rotatable bonds is 5. The van der Waals surface area contributed by atoms with Crippen LogP contribution in [0, 0.1) is 5.82 Å². The fourth-order valence-corrected chi connectivity index (χ4v) is 5.50. The van der Waals surface area contributed by atoms with Crippen molar-refractivity contribution in [1.29, 1.82) is 0 Å². The first kappa shape index (κ1) is 24.1. The zero-order valence-electron chi connectivity index (χ0n) is 20.2. The fraction of sp³-hybridized carbons (Fsp3) is 0.400. The number of carbonyl (C=O) groups is 2. The standard InChI is InChI=1S/C25H26FN5O4S/c1-14(2)30-13-25(3,24(35)29-9-4-10-29)31-12-17(20(32)21(33)19(31)23(30)34)22-28-27-18(36-22)11-15-5-7-16(26)8-6-15/h5-8,12,14,33H,4,9-11,13H2,1-3H3/t25-/m1/s1. The zero-order chi connectivity index (χ0) is 25.8. The van der Waals surface area contributed by atoms with Crippen LogP contribution in [0.15, 0.2) is 35.3 Å². The first-order valence-electron chi connectivity index (χ1n) is 11.8. The molecule has 5 rings (SSSR count). The molecule has 4 heterocycles. The van der Waals surface area contributed by atoms with Crippen molar-refractivity contribution in [3.63, 3.8) is 0 Å². The van der Waals surface area contributed by atoms with Crippen molar-refractivity contribution in [2.24, 2.45) is 0 Å². The summed E-state index contributed by atoms with van der Waals surface area (Å²) in [5, 5.41) is 20.1. The molecule has 0 spiro atoms. The molecule has 2 amide bonds. The maximum atomic E-state index is 13.6. The van der Waals surface area contributed by atoms with E-state index in [0.29, 0.717) is 24.5 Å². The highest BCUT2D eigenvalue weighted by Gasteiger charge is 2.49. The summed E-state index contributed by atoms with van der Waals surface area (Å²) in [5.74, 6) is -1.72. The first-order chi connectivity index (χ1) is 17.1. The normalized spacial score (nSPS) is 19.4. The van der Waals surface area contributed by atoms with Crippen molar-refractivity contribution in [2.45, 2.75) is 45.2 Å². The van der Waals surface area contributed by atoms with Gasteiger partial charge in [-0.3, -0.25) is 14.4 Å². The van der Waals surface area contributed by atoms with Crippen LogP contribution in [-0.4, -0.2) is 67.2 Å². The Hall–Kier alpha value is -3.60. The van der Waals surface area contributed by atoms with E-state index in [1.807, 2.05) is 13.8 Å². The summed E-state index contributed by atoms with van der Waals surface area (Å²) in [4.78, 5) is 43.3. The Labute approximate surface area is 210 Å². The number of aromatic nitrogens is 3. The summed E-state index contributed by atoms with van der Waals surface area (Å²) in [5.41, 5.74) is -1.27. The molecule has 2 aliphatic rings. The van der Waals surface area contributed by atoms with Gasteiger partial charge in [0.15, 0.2) is 16.5 Å². The lowest BCUT2D eigenvalue weighted by molar-refractivity contribution is -0.145. The van der Waals surface area contributed by atoms with Crippen LogP contribution < -0.4 is 5.43 Å². The molecule has 36 heavy (non-hydrogen) atoms. The Morgan fingerprint density at radius 2 is 1.89 bits per heavy atom. The van der Waals surface area contributed by atoms with Gasteiger partial charge in [-0.1, -0.05) is 23.5 Å². The summed E-state index contributed by atoms with van der Waals surface area (Å²) in [6.07, 6.45) is 2.75. The molecule has 2 aliphatic heterocycles. The van der Waals surface area contributed by atoms with Crippen molar-refractivity contribution in [3.05, 3.63) is 62.8 Å². The summed E-state index contributed by atoms with van der Waals surface area (Å²) in [6.45, 7) is 6.75. The monoisotopic (exact) mass is 511 g/mol. The van der Waals surface area contributed by atoms with Crippen LogP contribution in [0.5, 0.6) is 5.75 Å². The third-order valence-corrected chi connectivity index (χ3v) is 7.81. The molecular weight excluding hydrogens is 485 g/mol. The number of hydrogen-bond donors (Lipinski definition) is 1. The van der Waals surface area contributed by atoms with Gasteiger partial charge in [-0.05, 0) is 44.9 Å².